The van der Waals surface area contributed by atoms with Gasteiger partial charge in [-0.05, 0) is 13.3 Å². The summed E-state index contributed by atoms with van der Waals surface area (Å²) in [5.74, 6) is 4.34. The van der Waals surface area contributed by atoms with Crippen LogP contribution in [0.5, 0.6) is 0 Å². The number of aryl methyl sites for hydroxylation is 2. The van der Waals surface area contributed by atoms with Gasteiger partial charge in [-0.3, -0.25) is 4.99 Å². The van der Waals surface area contributed by atoms with Gasteiger partial charge in [-0.1, -0.05) is 19.0 Å². The Hall–Kier alpha value is -2.45. The van der Waals surface area contributed by atoms with Crippen molar-refractivity contribution in [2.75, 3.05) is 13.6 Å². The third kappa shape index (κ3) is 4.34. The molecular weight excluding hydrogens is 320 g/mol. The number of nitrogens with one attached hydrogen (secondary N) is 2. The molecule has 0 spiro atoms. The summed E-state index contributed by atoms with van der Waals surface area (Å²) in [6.45, 7) is 7.50. The van der Waals surface area contributed by atoms with E-state index in [1.165, 1.54) is 0 Å². The third-order valence-corrected chi connectivity index (χ3v) is 4.16. The minimum Gasteiger partial charge on any atom is -0.356 e. The molecule has 9 nitrogen and oxygen atoms in total. The van der Waals surface area contributed by atoms with E-state index in [4.69, 9.17) is 4.52 Å². The lowest BCUT2D eigenvalue weighted by molar-refractivity contribution is 0.370. The van der Waals surface area contributed by atoms with Crippen molar-refractivity contribution in [3.05, 3.63) is 23.4 Å². The molecule has 1 unspecified atom stereocenters. The van der Waals surface area contributed by atoms with Crippen molar-refractivity contribution >= 4 is 5.96 Å². The number of guanidine groups is 1. The molecule has 25 heavy (non-hydrogen) atoms. The van der Waals surface area contributed by atoms with Crippen molar-refractivity contribution in [1.82, 2.24) is 35.5 Å². The molecule has 0 amide bonds. The quantitative estimate of drug-likeness (QED) is 0.609. The van der Waals surface area contributed by atoms with Crippen molar-refractivity contribution in [3.8, 4) is 0 Å². The molecule has 0 saturated heterocycles. The Labute approximate surface area is 147 Å². The van der Waals surface area contributed by atoms with Gasteiger partial charge in [0.25, 0.3) is 0 Å². The maximum atomic E-state index is 5.25. The maximum absolute atomic E-state index is 5.25. The molecule has 0 aliphatic carbocycles. The van der Waals surface area contributed by atoms with Gasteiger partial charge in [0.05, 0.1) is 6.54 Å². The SMILES string of the molecule is CN=C(NCCc1nc(C(C)C)no1)NC1CCc2nc(C)nn2C1. The predicted octanol–water partition coefficient (Wildman–Crippen LogP) is 0.815. The molecule has 1 atom stereocenters. The molecule has 1 aliphatic heterocycles. The molecule has 2 aromatic rings. The highest BCUT2D eigenvalue weighted by Gasteiger charge is 2.21. The minimum atomic E-state index is 0.275. The highest BCUT2D eigenvalue weighted by Crippen LogP contribution is 2.13. The fraction of sp³-hybridized carbons (Fsp3) is 0.688. The van der Waals surface area contributed by atoms with Crippen LogP contribution in [0.3, 0.4) is 0 Å². The van der Waals surface area contributed by atoms with Crippen molar-refractivity contribution in [1.29, 1.82) is 0 Å². The van der Waals surface area contributed by atoms with E-state index in [0.29, 0.717) is 18.9 Å². The van der Waals surface area contributed by atoms with Crippen LogP contribution in [0.4, 0.5) is 0 Å². The molecule has 1 aliphatic rings. The standard InChI is InChI=1S/C16H26N8O/c1-10(2)15-21-14(25-23-15)7-8-18-16(17-4)20-12-5-6-13-19-11(3)22-24(13)9-12/h10,12H,5-9H2,1-4H3,(H2,17,18,20). The van der Waals surface area contributed by atoms with Gasteiger partial charge >= 0.3 is 0 Å². The van der Waals surface area contributed by atoms with Crippen LogP contribution in [0, 0.1) is 6.92 Å². The van der Waals surface area contributed by atoms with Crippen molar-refractivity contribution < 1.29 is 4.52 Å². The Bertz CT molecular complexity index is 732. The molecule has 9 heteroatoms. The monoisotopic (exact) mass is 346 g/mol. The summed E-state index contributed by atoms with van der Waals surface area (Å²) in [5, 5.41) is 15.2. The number of fused-ring (bicyclic) bond motifs is 1. The van der Waals surface area contributed by atoms with Crippen LogP contribution in [0.2, 0.25) is 0 Å². The number of aliphatic imine (C=N–C) groups is 1. The Morgan fingerprint density at radius 3 is 2.96 bits per heavy atom. The molecule has 3 rings (SSSR count). The van der Waals surface area contributed by atoms with Crippen molar-refractivity contribution in [2.24, 2.45) is 4.99 Å². The molecular formula is C16H26N8O. The van der Waals surface area contributed by atoms with E-state index in [0.717, 1.165) is 42.8 Å². The topological polar surface area (TPSA) is 106 Å². The van der Waals surface area contributed by atoms with E-state index in [1.54, 1.807) is 7.05 Å². The van der Waals surface area contributed by atoms with E-state index >= 15 is 0 Å². The van der Waals surface area contributed by atoms with Gasteiger partial charge in [0.1, 0.15) is 11.6 Å². The van der Waals surface area contributed by atoms with Crippen LogP contribution in [0.1, 0.15) is 49.6 Å². The first kappa shape index (κ1) is 17.4. The van der Waals surface area contributed by atoms with Gasteiger partial charge in [-0.2, -0.15) is 10.1 Å². The number of hydrogen-bond donors (Lipinski definition) is 2. The summed E-state index contributed by atoms with van der Waals surface area (Å²) in [7, 11) is 1.77. The van der Waals surface area contributed by atoms with Crippen LogP contribution < -0.4 is 10.6 Å². The summed E-state index contributed by atoms with van der Waals surface area (Å²) in [4.78, 5) is 13.1. The van der Waals surface area contributed by atoms with Crippen LogP contribution in [-0.2, 0) is 19.4 Å². The highest BCUT2D eigenvalue weighted by molar-refractivity contribution is 5.79. The van der Waals surface area contributed by atoms with Crippen LogP contribution in [0.15, 0.2) is 9.52 Å². The van der Waals surface area contributed by atoms with Gasteiger partial charge in [0, 0.05) is 38.4 Å². The van der Waals surface area contributed by atoms with Crippen molar-refractivity contribution in [3.63, 3.8) is 0 Å². The Morgan fingerprint density at radius 1 is 1.40 bits per heavy atom. The van der Waals surface area contributed by atoms with Gasteiger partial charge in [-0.25, -0.2) is 9.67 Å². The second kappa shape index (κ2) is 7.62. The first-order valence-electron chi connectivity index (χ1n) is 8.75. The number of aromatic nitrogens is 5. The van der Waals surface area contributed by atoms with Crippen molar-refractivity contribution in [2.45, 2.75) is 58.5 Å². The van der Waals surface area contributed by atoms with Gasteiger partial charge in [0.15, 0.2) is 11.8 Å². The van der Waals surface area contributed by atoms with E-state index in [-0.39, 0.29) is 12.0 Å². The van der Waals surface area contributed by atoms with Gasteiger partial charge in [-0.15, -0.1) is 0 Å². The average Bonchev–Trinajstić information content (AvgIpc) is 3.19. The van der Waals surface area contributed by atoms with Crippen LogP contribution >= 0.6 is 0 Å². The summed E-state index contributed by atoms with van der Waals surface area (Å²) in [6, 6.07) is 0.288. The first-order chi connectivity index (χ1) is 12.0. The Balaban J connectivity index is 1.47. The molecule has 3 heterocycles. The zero-order chi connectivity index (χ0) is 17.8. The zero-order valence-electron chi connectivity index (χ0n) is 15.3. The molecule has 0 fully saturated rings. The fourth-order valence-corrected chi connectivity index (χ4v) is 2.83. The Kier molecular flexibility index (Phi) is 5.30. The predicted molar refractivity (Wildman–Crippen MR) is 93.5 cm³/mol. The summed E-state index contributed by atoms with van der Waals surface area (Å²) >= 11 is 0. The number of nitrogens with zero attached hydrogens (tertiary/aromatic N) is 6. The lowest BCUT2D eigenvalue weighted by Gasteiger charge is -2.25. The average molecular weight is 346 g/mol. The zero-order valence-corrected chi connectivity index (χ0v) is 15.3. The normalized spacial score (nSPS) is 17.6. The molecule has 2 N–H and O–H groups in total. The summed E-state index contributed by atoms with van der Waals surface area (Å²) < 4.78 is 7.23. The van der Waals surface area contributed by atoms with Crippen LogP contribution in [0.25, 0.3) is 0 Å². The molecule has 0 radical (unpaired) electrons. The lowest BCUT2D eigenvalue weighted by atomic mass is 10.1. The Morgan fingerprint density at radius 2 is 2.24 bits per heavy atom. The fourth-order valence-electron chi connectivity index (χ4n) is 2.83. The highest BCUT2D eigenvalue weighted by atomic mass is 16.5. The third-order valence-electron chi connectivity index (χ3n) is 4.16. The second-order valence-corrected chi connectivity index (χ2v) is 6.59. The molecule has 136 valence electrons. The molecule has 0 saturated carbocycles. The van der Waals surface area contributed by atoms with Gasteiger partial charge in [0.2, 0.25) is 5.89 Å². The smallest absolute Gasteiger partial charge is 0.228 e. The number of hydrogen-bond acceptors (Lipinski definition) is 6. The first-order valence-corrected chi connectivity index (χ1v) is 8.75. The van der Waals surface area contributed by atoms with E-state index in [2.05, 4.69) is 35.8 Å². The van der Waals surface area contributed by atoms with E-state index in [1.807, 2.05) is 25.5 Å². The summed E-state index contributed by atoms with van der Waals surface area (Å²) in [5.41, 5.74) is 0. The van der Waals surface area contributed by atoms with E-state index < -0.39 is 0 Å². The molecule has 2 aromatic heterocycles. The largest absolute Gasteiger partial charge is 0.356 e. The van der Waals surface area contributed by atoms with Crippen LogP contribution in [-0.4, -0.2) is 50.5 Å². The number of rotatable bonds is 5. The maximum Gasteiger partial charge on any atom is 0.228 e. The second-order valence-electron chi connectivity index (χ2n) is 6.59. The summed E-state index contributed by atoms with van der Waals surface area (Å²) in [6.07, 6.45) is 2.60. The molecule has 0 aromatic carbocycles. The molecule has 0 bridgehead atoms. The minimum absolute atomic E-state index is 0.275. The lowest BCUT2D eigenvalue weighted by Crippen LogP contribution is -2.47. The van der Waals surface area contributed by atoms with Gasteiger partial charge < -0.3 is 15.2 Å². The van der Waals surface area contributed by atoms with E-state index in [9.17, 15) is 0 Å².